The van der Waals surface area contributed by atoms with Crippen molar-refractivity contribution in [2.75, 3.05) is 7.11 Å². The number of aryl methyl sites for hydroxylation is 2. The van der Waals surface area contributed by atoms with Crippen LogP contribution in [0, 0.1) is 6.92 Å². The number of rotatable bonds is 6. The van der Waals surface area contributed by atoms with E-state index in [1.165, 1.54) is 11.8 Å². The lowest BCUT2D eigenvalue weighted by molar-refractivity contribution is 0.354. The highest BCUT2D eigenvalue weighted by Gasteiger charge is 2.29. The Bertz CT molecular complexity index is 813. The van der Waals surface area contributed by atoms with Crippen LogP contribution >= 0.6 is 11.6 Å². The van der Waals surface area contributed by atoms with Gasteiger partial charge in [0.05, 0.1) is 18.8 Å². The Kier molecular flexibility index (Phi) is 4.97. The second-order valence-electron chi connectivity index (χ2n) is 4.96. The van der Waals surface area contributed by atoms with Crippen LogP contribution in [-0.4, -0.2) is 40.1 Å². The third-order valence-electron chi connectivity index (χ3n) is 3.33. The van der Waals surface area contributed by atoms with Gasteiger partial charge in [0.1, 0.15) is 10.0 Å². The summed E-state index contributed by atoms with van der Waals surface area (Å²) in [5.41, 5.74) is 0.326. The van der Waals surface area contributed by atoms with Crippen LogP contribution in [0.25, 0.3) is 0 Å². The van der Waals surface area contributed by atoms with Crippen molar-refractivity contribution in [1.29, 1.82) is 0 Å². The molecule has 9 nitrogen and oxygen atoms in total. The van der Waals surface area contributed by atoms with Crippen LogP contribution in [0.5, 0.6) is 6.01 Å². The van der Waals surface area contributed by atoms with Gasteiger partial charge < -0.3 is 4.74 Å². The fourth-order valence-electron chi connectivity index (χ4n) is 2.33. The first kappa shape index (κ1) is 17.7. The van der Waals surface area contributed by atoms with Crippen molar-refractivity contribution in [3.8, 4) is 6.01 Å². The largest absolute Gasteiger partial charge is 0.467 e. The van der Waals surface area contributed by atoms with Crippen molar-refractivity contribution < 1.29 is 13.2 Å². The molecule has 0 aliphatic carbocycles. The highest BCUT2D eigenvalue weighted by Crippen LogP contribution is 2.26. The number of nitrogens with zero attached hydrogens (tertiary/aromatic N) is 5. The molecule has 0 amide bonds. The summed E-state index contributed by atoms with van der Waals surface area (Å²) < 4.78 is 35.9. The van der Waals surface area contributed by atoms with E-state index in [0.29, 0.717) is 24.1 Å². The zero-order chi connectivity index (χ0) is 17.4. The second-order valence-corrected chi connectivity index (χ2v) is 6.97. The lowest BCUT2D eigenvalue weighted by atomic mass is 10.3. The second kappa shape index (κ2) is 6.46. The number of aromatic nitrogens is 5. The number of methoxy groups -OCH3 is 1. The Labute approximate surface area is 139 Å². The number of nitrogens with one attached hydrogen (secondary N) is 1. The predicted molar refractivity (Wildman–Crippen MR) is 83.9 cm³/mol. The summed E-state index contributed by atoms with van der Waals surface area (Å²) in [4.78, 5) is -0.0388. The first-order valence-electron chi connectivity index (χ1n) is 6.91. The summed E-state index contributed by atoms with van der Waals surface area (Å²) in [6.45, 7) is 5.69. The molecule has 2 rings (SSSR count). The van der Waals surface area contributed by atoms with Gasteiger partial charge in [0.25, 0.3) is 0 Å². The van der Waals surface area contributed by atoms with E-state index in [4.69, 9.17) is 16.3 Å². The number of hydrogen-bond donors (Lipinski definition) is 1. The molecule has 0 bridgehead atoms. The highest BCUT2D eigenvalue weighted by molar-refractivity contribution is 7.89. The highest BCUT2D eigenvalue weighted by atomic mass is 35.5. The molecule has 0 spiro atoms. The predicted octanol–water partition coefficient (Wildman–Crippen LogP) is 1.04. The number of sulfonamides is 1. The van der Waals surface area contributed by atoms with Gasteiger partial charge in [-0.05, 0) is 20.8 Å². The fourth-order valence-corrected chi connectivity index (χ4v) is 4.28. The van der Waals surface area contributed by atoms with E-state index in [0.717, 1.165) is 0 Å². The standard InChI is InChI=1S/C12H19ClN6O3S/c1-6-19-11(14-15-12(19)22-5)8(3)17-23(20,21)9-7(2)16-18(4)10(9)13/h8,17H,6H2,1-5H3/t8-/m1/s1. The van der Waals surface area contributed by atoms with E-state index < -0.39 is 16.1 Å². The van der Waals surface area contributed by atoms with Gasteiger partial charge in [-0.2, -0.15) is 5.10 Å². The lowest BCUT2D eigenvalue weighted by Crippen LogP contribution is -2.29. The molecule has 23 heavy (non-hydrogen) atoms. The Balaban J connectivity index is 2.36. The average Bonchev–Trinajstić information content (AvgIpc) is 2.99. The molecule has 0 saturated carbocycles. The first-order valence-corrected chi connectivity index (χ1v) is 8.77. The van der Waals surface area contributed by atoms with Gasteiger partial charge in [0.2, 0.25) is 10.0 Å². The summed E-state index contributed by atoms with van der Waals surface area (Å²) in [5.74, 6) is 0.450. The summed E-state index contributed by atoms with van der Waals surface area (Å²) in [5, 5.41) is 11.9. The Hall–Kier alpha value is -1.65. The number of ether oxygens (including phenoxy) is 1. The zero-order valence-corrected chi connectivity index (χ0v) is 15.1. The molecule has 0 fully saturated rings. The maximum atomic E-state index is 12.6. The summed E-state index contributed by atoms with van der Waals surface area (Å²) >= 11 is 6.04. The van der Waals surface area contributed by atoms with E-state index >= 15 is 0 Å². The molecule has 11 heteroatoms. The molecule has 0 unspecified atom stereocenters. The topological polar surface area (TPSA) is 104 Å². The van der Waals surface area contributed by atoms with E-state index in [2.05, 4.69) is 20.0 Å². The van der Waals surface area contributed by atoms with Gasteiger partial charge in [-0.15, -0.1) is 5.10 Å². The molecule has 2 heterocycles. The SMILES string of the molecule is CCn1c(OC)nnc1[C@@H](C)NS(=O)(=O)c1c(C)nn(C)c1Cl. The van der Waals surface area contributed by atoms with E-state index in [1.54, 1.807) is 25.5 Å². The summed E-state index contributed by atoms with van der Waals surface area (Å²) in [6.07, 6.45) is 0. The van der Waals surface area contributed by atoms with Gasteiger partial charge in [0.15, 0.2) is 5.82 Å². The lowest BCUT2D eigenvalue weighted by Gasteiger charge is -2.15. The minimum Gasteiger partial charge on any atom is -0.467 e. The molecule has 2 aromatic rings. The van der Waals surface area contributed by atoms with E-state index in [1.807, 2.05) is 6.92 Å². The smallest absolute Gasteiger partial charge is 0.316 e. The molecule has 0 aliphatic rings. The number of hydrogen-bond acceptors (Lipinski definition) is 6. The van der Waals surface area contributed by atoms with Gasteiger partial charge in [0, 0.05) is 13.6 Å². The molecule has 0 aromatic carbocycles. The van der Waals surface area contributed by atoms with Gasteiger partial charge in [-0.3, -0.25) is 9.25 Å². The van der Waals surface area contributed by atoms with Crippen molar-refractivity contribution in [3.63, 3.8) is 0 Å². The van der Waals surface area contributed by atoms with Crippen molar-refractivity contribution >= 4 is 21.6 Å². The molecule has 0 saturated heterocycles. The molecule has 0 radical (unpaired) electrons. The molecular formula is C12H19ClN6O3S. The third kappa shape index (κ3) is 3.19. The van der Waals surface area contributed by atoms with Crippen molar-refractivity contribution in [1.82, 2.24) is 29.3 Å². The molecular weight excluding hydrogens is 344 g/mol. The number of halogens is 1. The molecule has 1 N–H and O–H groups in total. The van der Waals surface area contributed by atoms with E-state index in [9.17, 15) is 8.42 Å². The molecule has 128 valence electrons. The van der Waals surface area contributed by atoms with Gasteiger partial charge in [-0.1, -0.05) is 16.7 Å². The van der Waals surface area contributed by atoms with Crippen molar-refractivity contribution in [2.45, 2.75) is 38.3 Å². The molecule has 2 aromatic heterocycles. The van der Waals surface area contributed by atoms with Crippen molar-refractivity contribution in [3.05, 3.63) is 16.7 Å². The zero-order valence-electron chi connectivity index (χ0n) is 13.5. The Morgan fingerprint density at radius 3 is 2.52 bits per heavy atom. The Morgan fingerprint density at radius 2 is 2.04 bits per heavy atom. The van der Waals surface area contributed by atoms with E-state index in [-0.39, 0.29) is 10.0 Å². The first-order chi connectivity index (χ1) is 10.7. The van der Waals surface area contributed by atoms with Crippen molar-refractivity contribution in [2.24, 2.45) is 7.05 Å². The molecule has 0 aliphatic heterocycles. The molecule has 1 atom stereocenters. The maximum Gasteiger partial charge on any atom is 0.316 e. The van der Waals surface area contributed by atoms with Gasteiger partial charge >= 0.3 is 6.01 Å². The summed E-state index contributed by atoms with van der Waals surface area (Å²) in [7, 11) is -0.798. The van der Waals surface area contributed by atoms with Crippen LogP contribution < -0.4 is 9.46 Å². The van der Waals surface area contributed by atoms with Crippen LogP contribution in [0.1, 0.15) is 31.4 Å². The van der Waals surface area contributed by atoms with Crippen LogP contribution in [0.2, 0.25) is 5.15 Å². The van der Waals surface area contributed by atoms with Crippen LogP contribution in [0.3, 0.4) is 0 Å². The van der Waals surface area contributed by atoms with Crippen LogP contribution in [0.4, 0.5) is 0 Å². The maximum absolute atomic E-state index is 12.6. The third-order valence-corrected chi connectivity index (χ3v) is 5.57. The quantitative estimate of drug-likeness (QED) is 0.823. The average molecular weight is 363 g/mol. The minimum absolute atomic E-state index is 0.0388. The normalized spacial score (nSPS) is 13.3. The van der Waals surface area contributed by atoms with Crippen LogP contribution in [-0.2, 0) is 23.6 Å². The Morgan fingerprint density at radius 1 is 1.39 bits per heavy atom. The minimum atomic E-state index is -3.86. The monoisotopic (exact) mass is 362 g/mol. The summed E-state index contributed by atoms with van der Waals surface area (Å²) in [6, 6.07) is -0.295. The van der Waals surface area contributed by atoms with Crippen LogP contribution in [0.15, 0.2) is 4.90 Å². The fraction of sp³-hybridized carbons (Fsp3) is 0.583. The van der Waals surface area contributed by atoms with Gasteiger partial charge in [-0.25, -0.2) is 13.1 Å².